The van der Waals surface area contributed by atoms with Crippen molar-refractivity contribution in [2.45, 2.75) is 18.9 Å². The minimum Gasteiger partial charge on any atom is -0.354 e. The molecule has 1 aliphatic heterocycles. The molecule has 0 aromatic heterocycles. The van der Waals surface area contributed by atoms with Gasteiger partial charge >= 0.3 is 6.03 Å². The van der Waals surface area contributed by atoms with Crippen LogP contribution in [0.25, 0.3) is 0 Å². The molecule has 1 unspecified atom stereocenters. The number of carbonyl (C=O) groups is 3. The van der Waals surface area contributed by atoms with Crippen molar-refractivity contribution < 1.29 is 23.2 Å². The Bertz CT molecular complexity index is 968. The van der Waals surface area contributed by atoms with Crippen molar-refractivity contribution in [3.8, 4) is 0 Å². The Kier molecular flexibility index (Phi) is 5.83. The maximum Gasteiger partial charge on any atom is 0.325 e. The summed E-state index contributed by atoms with van der Waals surface area (Å²) in [6.07, 6.45) is 0.551. The second-order valence-corrected chi connectivity index (χ2v) is 7.24. The van der Waals surface area contributed by atoms with E-state index in [1.807, 2.05) is 12.1 Å². The lowest BCUT2D eigenvalue weighted by molar-refractivity contribution is -0.134. The third kappa shape index (κ3) is 4.37. The van der Waals surface area contributed by atoms with Crippen LogP contribution in [0.15, 0.2) is 42.5 Å². The summed E-state index contributed by atoms with van der Waals surface area (Å²) in [5, 5.41) is 5.70. The first-order chi connectivity index (χ1) is 13.7. The number of benzene rings is 2. The quantitative estimate of drug-likeness (QED) is 0.704. The van der Waals surface area contributed by atoms with Crippen LogP contribution in [0, 0.1) is 11.6 Å². The monoisotopic (exact) mass is 421 g/mol. The zero-order valence-electron chi connectivity index (χ0n) is 15.5. The molecule has 4 amide bonds. The van der Waals surface area contributed by atoms with Gasteiger partial charge in [0, 0.05) is 11.6 Å². The van der Waals surface area contributed by atoms with Crippen LogP contribution in [0.1, 0.15) is 18.1 Å². The molecule has 0 saturated carbocycles. The van der Waals surface area contributed by atoms with Gasteiger partial charge in [-0.3, -0.25) is 14.5 Å². The lowest BCUT2D eigenvalue weighted by Gasteiger charge is -2.22. The SMILES string of the molecule is CC1(c2ccc(F)c(F)c2)NC(=O)N(CC(=O)NCCc2ccc(Cl)cc2)C1=O. The summed E-state index contributed by atoms with van der Waals surface area (Å²) in [4.78, 5) is 37.9. The Morgan fingerprint density at radius 2 is 1.83 bits per heavy atom. The molecule has 2 aromatic carbocycles. The van der Waals surface area contributed by atoms with Crippen molar-refractivity contribution in [2.24, 2.45) is 0 Å². The van der Waals surface area contributed by atoms with Gasteiger partial charge in [0.05, 0.1) is 0 Å². The fourth-order valence-corrected chi connectivity index (χ4v) is 3.17. The summed E-state index contributed by atoms with van der Waals surface area (Å²) >= 11 is 5.82. The second kappa shape index (κ2) is 8.16. The van der Waals surface area contributed by atoms with Gasteiger partial charge in [0.2, 0.25) is 5.91 Å². The maximum atomic E-state index is 13.6. The Labute approximate surface area is 170 Å². The van der Waals surface area contributed by atoms with Crippen LogP contribution in [0.4, 0.5) is 13.6 Å². The van der Waals surface area contributed by atoms with Crippen molar-refractivity contribution in [3.63, 3.8) is 0 Å². The molecule has 2 aromatic rings. The molecule has 2 N–H and O–H groups in total. The van der Waals surface area contributed by atoms with Gasteiger partial charge in [0.1, 0.15) is 12.1 Å². The Morgan fingerprint density at radius 1 is 1.14 bits per heavy atom. The standard InChI is InChI=1S/C20H18ClF2N3O3/c1-20(13-4-7-15(22)16(23)10-13)18(28)26(19(29)25-20)11-17(27)24-9-8-12-2-5-14(21)6-3-12/h2-7,10H,8-9,11H2,1H3,(H,24,27)(H,25,29). The number of halogens is 3. The van der Waals surface area contributed by atoms with Crippen LogP contribution in [0.5, 0.6) is 0 Å². The van der Waals surface area contributed by atoms with E-state index >= 15 is 0 Å². The summed E-state index contributed by atoms with van der Waals surface area (Å²) in [5.41, 5.74) is -0.536. The Balaban J connectivity index is 1.61. The lowest BCUT2D eigenvalue weighted by atomic mass is 9.92. The Morgan fingerprint density at radius 3 is 2.48 bits per heavy atom. The smallest absolute Gasteiger partial charge is 0.325 e. The molecular weight excluding hydrogens is 404 g/mol. The van der Waals surface area contributed by atoms with Crippen LogP contribution in [0.3, 0.4) is 0 Å². The van der Waals surface area contributed by atoms with E-state index in [-0.39, 0.29) is 5.56 Å². The Hall–Kier alpha value is -3.00. The number of nitrogens with one attached hydrogen (secondary N) is 2. The van der Waals surface area contributed by atoms with Gasteiger partial charge in [-0.05, 0) is 48.7 Å². The van der Waals surface area contributed by atoms with E-state index < -0.39 is 41.6 Å². The fourth-order valence-electron chi connectivity index (χ4n) is 3.04. The van der Waals surface area contributed by atoms with Gasteiger partial charge in [0.25, 0.3) is 5.91 Å². The summed E-state index contributed by atoms with van der Waals surface area (Å²) in [7, 11) is 0. The van der Waals surface area contributed by atoms with Gasteiger partial charge in [-0.25, -0.2) is 13.6 Å². The number of nitrogens with zero attached hydrogens (tertiary/aromatic N) is 1. The van der Waals surface area contributed by atoms with E-state index in [4.69, 9.17) is 11.6 Å². The zero-order valence-corrected chi connectivity index (χ0v) is 16.2. The summed E-state index contributed by atoms with van der Waals surface area (Å²) in [6.45, 7) is 1.20. The van der Waals surface area contributed by atoms with Gasteiger partial charge < -0.3 is 10.6 Å². The average molecular weight is 422 g/mol. The molecule has 0 radical (unpaired) electrons. The highest BCUT2D eigenvalue weighted by Gasteiger charge is 2.49. The zero-order chi connectivity index (χ0) is 21.2. The number of rotatable bonds is 6. The highest BCUT2D eigenvalue weighted by Crippen LogP contribution is 2.29. The van der Waals surface area contributed by atoms with E-state index in [9.17, 15) is 23.2 Å². The molecule has 3 rings (SSSR count). The number of hydrogen-bond acceptors (Lipinski definition) is 3. The second-order valence-electron chi connectivity index (χ2n) is 6.80. The van der Waals surface area contributed by atoms with E-state index in [2.05, 4.69) is 10.6 Å². The minimum atomic E-state index is -1.59. The van der Waals surface area contributed by atoms with Crippen molar-refractivity contribution in [1.29, 1.82) is 0 Å². The first-order valence-corrected chi connectivity index (χ1v) is 9.19. The number of amides is 4. The van der Waals surface area contributed by atoms with Crippen molar-refractivity contribution in [2.75, 3.05) is 13.1 Å². The molecule has 9 heteroatoms. The molecule has 1 fully saturated rings. The largest absolute Gasteiger partial charge is 0.354 e. The minimum absolute atomic E-state index is 0.0837. The third-order valence-corrected chi connectivity index (χ3v) is 4.97. The van der Waals surface area contributed by atoms with Crippen LogP contribution in [0.2, 0.25) is 5.02 Å². The third-order valence-electron chi connectivity index (χ3n) is 4.72. The predicted molar refractivity (Wildman–Crippen MR) is 102 cm³/mol. The molecule has 1 saturated heterocycles. The molecule has 0 spiro atoms. The lowest BCUT2D eigenvalue weighted by Crippen LogP contribution is -2.43. The van der Waals surface area contributed by atoms with Gasteiger partial charge in [-0.15, -0.1) is 0 Å². The average Bonchev–Trinajstić information content (AvgIpc) is 2.89. The molecule has 6 nitrogen and oxygen atoms in total. The number of carbonyl (C=O) groups excluding carboxylic acids is 3. The van der Waals surface area contributed by atoms with Crippen LogP contribution in [-0.2, 0) is 21.5 Å². The summed E-state index contributed by atoms with van der Waals surface area (Å²) in [6, 6.07) is 9.31. The van der Waals surface area contributed by atoms with E-state index in [0.29, 0.717) is 18.0 Å². The maximum absolute atomic E-state index is 13.6. The van der Waals surface area contributed by atoms with Crippen molar-refractivity contribution >= 4 is 29.4 Å². The first-order valence-electron chi connectivity index (χ1n) is 8.81. The highest BCUT2D eigenvalue weighted by molar-refractivity contribution is 6.30. The molecule has 152 valence electrons. The molecule has 0 aliphatic carbocycles. The predicted octanol–water partition coefficient (Wildman–Crippen LogP) is 2.74. The molecular formula is C20H18ClF2N3O3. The van der Waals surface area contributed by atoms with Crippen LogP contribution in [-0.4, -0.2) is 35.8 Å². The molecule has 0 bridgehead atoms. The first kappa shape index (κ1) is 20.7. The van der Waals surface area contributed by atoms with Gasteiger partial charge in [0.15, 0.2) is 11.6 Å². The summed E-state index contributed by atoms with van der Waals surface area (Å²) < 4.78 is 26.7. The number of urea groups is 1. The molecule has 1 aliphatic rings. The number of imide groups is 1. The van der Waals surface area contributed by atoms with Crippen molar-refractivity contribution in [1.82, 2.24) is 15.5 Å². The van der Waals surface area contributed by atoms with Crippen LogP contribution >= 0.6 is 11.6 Å². The van der Waals surface area contributed by atoms with Gasteiger partial charge in [-0.2, -0.15) is 0 Å². The van der Waals surface area contributed by atoms with E-state index in [1.165, 1.54) is 13.0 Å². The van der Waals surface area contributed by atoms with E-state index in [1.54, 1.807) is 12.1 Å². The summed E-state index contributed by atoms with van der Waals surface area (Å²) in [5.74, 6) is -3.44. The van der Waals surface area contributed by atoms with E-state index in [0.717, 1.165) is 22.6 Å². The molecule has 1 heterocycles. The number of hydrogen-bond donors (Lipinski definition) is 2. The molecule has 29 heavy (non-hydrogen) atoms. The van der Waals surface area contributed by atoms with Gasteiger partial charge in [-0.1, -0.05) is 29.8 Å². The highest BCUT2D eigenvalue weighted by atomic mass is 35.5. The topological polar surface area (TPSA) is 78.5 Å². The normalized spacial score (nSPS) is 18.7. The fraction of sp³-hybridized carbons (Fsp3) is 0.250. The van der Waals surface area contributed by atoms with Crippen molar-refractivity contribution in [3.05, 3.63) is 70.2 Å². The molecule has 1 atom stereocenters. The van der Waals surface area contributed by atoms with Crippen LogP contribution < -0.4 is 10.6 Å².